The van der Waals surface area contributed by atoms with Crippen molar-refractivity contribution in [3.05, 3.63) is 23.5 Å². The van der Waals surface area contributed by atoms with Crippen LogP contribution in [0.4, 0.5) is 5.69 Å². The maximum absolute atomic E-state index is 9.03. The molecule has 1 aliphatic carbocycles. The molecule has 3 nitrogen and oxygen atoms in total. The molecule has 70 valence electrons. The molecule has 13 heavy (non-hydrogen) atoms. The Morgan fingerprint density at radius 3 is 3.23 bits per heavy atom. The van der Waals surface area contributed by atoms with Gasteiger partial charge in [-0.25, -0.2) is 0 Å². The van der Waals surface area contributed by atoms with Crippen LogP contribution in [0.25, 0.3) is 0 Å². The first-order valence-electron chi connectivity index (χ1n) is 4.63. The van der Waals surface area contributed by atoms with E-state index in [4.69, 9.17) is 10.8 Å². The van der Waals surface area contributed by atoms with Crippen LogP contribution in [0, 0.1) is 5.92 Å². The predicted octanol–water partition coefficient (Wildman–Crippen LogP) is 0.761. The lowest BCUT2D eigenvalue weighted by molar-refractivity contribution is 0.212. The average Bonchev–Trinajstić information content (AvgIpc) is 2.16. The highest BCUT2D eigenvalue weighted by molar-refractivity contribution is 5.41. The van der Waals surface area contributed by atoms with Crippen molar-refractivity contribution in [2.24, 2.45) is 5.92 Å². The van der Waals surface area contributed by atoms with Crippen molar-refractivity contribution in [3.8, 4) is 0 Å². The second kappa shape index (κ2) is 3.34. The van der Waals surface area contributed by atoms with E-state index in [1.54, 1.807) is 6.20 Å². The molecule has 0 radical (unpaired) electrons. The average molecular weight is 178 g/mol. The van der Waals surface area contributed by atoms with E-state index in [0.717, 1.165) is 30.6 Å². The Kier molecular flexibility index (Phi) is 2.19. The molecule has 1 aliphatic rings. The lowest BCUT2D eigenvalue weighted by Gasteiger charge is -2.21. The molecule has 0 saturated carbocycles. The normalized spacial score (nSPS) is 21.2. The molecule has 1 heterocycles. The number of pyridine rings is 1. The van der Waals surface area contributed by atoms with E-state index in [2.05, 4.69) is 4.98 Å². The van der Waals surface area contributed by atoms with Gasteiger partial charge in [0.1, 0.15) is 0 Å². The summed E-state index contributed by atoms with van der Waals surface area (Å²) in [5.74, 6) is 0.399. The number of fused-ring (bicyclic) bond motifs is 1. The van der Waals surface area contributed by atoms with Gasteiger partial charge < -0.3 is 10.8 Å². The minimum atomic E-state index is 0.272. The zero-order valence-electron chi connectivity index (χ0n) is 7.53. The number of nitrogen functional groups attached to an aromatic ring is 1. The van der Waals surface area contributed by atoms with E-state index in [1.807, 2.05) is 6.07 Å². The van der Waals surface area contributed by atoms with Crippen molar-refractivity contribution >= 4 is 5.69 Å². The maximum atomic E-state index is 9.03. The molecule has 3 N–H and O–H groups in total. The highest BCUT2D eigenvalue weighted by Gasteiger charge is 2.18. The van der Waals surface area contributed by atoms with Crippen molar-refractivity contribution in [2.75, 3.05) is 12.3 Å². The molecule has 0 fully saturated rings. The third kappa shape index (κ3) is 1.65. The first kappa shape index (κ1) is 8.51. The number of aryl methyl sites for hydroxylation is 1. The summed E-state index contributed by atoms with van der Waals surface area (Å²) in [7, 11) is 0. The van der Waals surface area contributed by atoms with Gasteiger partial charge in [-0.2, -0.15) is 0 Å². The molecule has 0 saturated heterocycles. The molecule has 0 spiro atoms. The zero-order chi connectivity index (χ0) is 9.26. The SMILES string of the molecule is Nc1cnc2c(c1)CC(CO)CC2. The lowest BCUT2D eigenvalue weighted by atomic mass is 9.87. The van der Waals surface area contributed by atoms with Crippen LogP contribution >= 0.6 is 0 Å². The van der Waals surface area contributed by atoms with E-state index >= 15 is 0 Å². The number of anilines is 1. The molecule has 0 bridgehead atoms. The Hall–Kier alpha value is -1.09. The van der Waals surface area contributed by atoms with Gasteiger partial charge in [0.2, 0.25) is 0 Å². The second-order valence-electron chi connectivity index (χ2n) is 3.67. The van der Waals surface area contributed by atoms with Gasteiger partial charge in [-0.15, -0.1) is 0 Å². The molecule has 1 aromatic rings. The third-order valence-electron chi connectivity index (χ3n) is 2.64. The fourth-order valence-electron chi connectivity index (χ4n) is 1.87. The number of aromatic nitrogens is 1. The van der Waals surface area contributed by atoms with E-state index in [-0.39, 0.29) is 6.61 Å². The Labute approximate surface area is 77.6 Å². The van der Waals surface area contributed by atoms with Gasteiger partial charge in [0.15, 0.2) is 0 Å². The molecule has 1 atom stereocenters. The Morgan fingerprint density at radius 1 is 1.62 bits per heavy atom. The second-order valence-corrected chi connectivity index (χ2v) is 3.67. The Balaban J connectivity index is 2.27. The number of aliphatic hydroxyl groups excluding tert-OH is 1. The number of nitrogens with zero attached hydrogens (tertiary/aromatic N) is 1. The monoisotopic (exact) mass is 178 g/mol. The van der Waals surface area contributed by atoms with Gasteiger partial charge in [0, 0.05) is 12.3 Å². The van der Waals surface area contributed by atoms with Crippen LogP contribution in [0.3, 0.4) is 0 Å². The Bertz CT molecular complexity index is 312. The minimum absolute atomic E-state index is 0.272. The maximum Gasteiger partial charge on any atom is 0.0503 e. The molecule has 1 aromatic heterocycles. The summed E-state index contributed by atoms with van der Waals surface area (Å²) < 4.78 is 0. The summed E-state index contributed by atoms with van der Waals surface area (Å²) in [6.45, 7) is 0.272. The fourth-order valence-corrected chi connectivity index (χ4v) is 1.87. The standard InChI is InChI=1S/C10H14N2O/c11-9-4-8-3-7(6-13)1-2-10(8)12-5-9/h4-5,7,13H,1-3,6,11H2. The first-order valence-corrected chi connectivity index (χ1v) is 4.63. The van der Waals surface area contributed by atoms with E-state index in [1.165, 1.54) is 5.56 Å². The van der Waals surface area contributed by atoms with Gasteiger partial charge in [-0.3, -0.25) is 4.98 Å². The number of rotatable bonds is 1. The zero-order valence-corrected chi connectivity index (χ0v) is 7.53. The largest absolute Gasteiger partial charge is 0.397 e. The van der Waals surface area contributed by atoms with Crippen molar-refractivity contribution < 1.29 is 5.11 Å². The smallest absolute Gasteiger partial charge is 0.0503 e. The fraction of sp³-hybridized carbons (Fsp3) is 0.500. The molecule has 0 amide bonds. The van der Waals surface area contributed by atoms with E-state index in [9.17, 15) is 0 Å². The molecule has 3 heteroatoms. The molecular weight excluding hydrogens is 164 g/mol. The summed E-state index contributed by atoms with van der Waals surface area (Å²) >= 11 is 0. The van der Waals surface area contributed by atoms with Crippen molar-refractivity contribution in [1.82, 2.24) is 4.98 Å². The minimum Gasteiger partial charge on any atom is -0.397 e. The molecule has 1 unspecified atom stereocenters. The molecule has 0 aromatic carbocycles. The number of hydrogen-bond donors (Lipinski definition) is 2. The van der Waals surface area contributed by atoms with Crippen molar-refractivity contribution in [3.63, 3.8) is 0 Å². The van der Waals surface area contributed by atoms with Crippen molar-refractivity contribution in [1.29, 1.82) is 0 Å². The first-order chi connectivity index (χ1) is 6.29. The van der Waals surface area contributed by atoms with Gasteiger partial charge >= 0.3 is 0 Å². The highest BCUT2D eigenvalue weighted by atomic mass is 16.3. The number of hydrogen-bond acceptors (Lipinski definition) is 3. The highest BCUT2D eigenvalue weighted by Crippen LogP contribution is 2.24. The topological polar surface area (TPSA) is 59.1 Å². The number of aliphatic hydroxyl groups is 1. The van der Waals surface area contributed by atoms with Crippen LogP contribution in [0.15, 0.2) is 12.3 Å². The van der Waals surface area contributed by atoms with E-state index in [0.29, 0.717) is 5.92 Å². The van der Waals surface area contributed by atoms with Crippen LogP contribution in [-0.4, -0.2) is 16.7 Å². The summed E-state index contributed by atoms with van der Waals surface area (Å²) in [5, 5.41) is 9.03. The van der Waals surface area contributed by atoms with Crippen LogP contribution in [0.5, 0.6) is 0 Å². The summed E-state index contributed by atoms with van der Waals surface area (Å²) in [6.07, 6.45) is 4.64. The van der Waals surface area contributed by atoms with Gasteiger partial charge in [-0.1, -0.05) is 0 Å². The van der Waals surface area contributed by atoms with Crippen molar-refractivity contribution in [2.45, 2.75) is 19.3 Å². The Morgan fingerprint density at radius 2 is 2.46 bits per heavy atom. The predicted molar refractivity (Wildman–Crippen MR) is 51.3 cm³/mol. The van der Waals surface area contributed by atoms with Gasteiger partial charge in [0.05, 0.1) is 11.9 Å². The molecular formula is C10H14N2O. The van der Waals surface area contributed by atoms with Crippen LogP contribution in [0.1, 0.15) is 17.7 Å². The molecule has 2 rings (SSSR count). The third-order valence-corrected chi connectivity index (χ3v) is 2.64. The van der Waals surface area contributed by atoms with E-state index < -0.39 is 0 Å². The van der Waals surface area contributed by atoms with Gasteiger partial charge in [0.25, 0.3) is 0 Å². The summed E-state index contributed by atoms with van der Waals surface area (Å²) in [5.41, 5.74) is 8.73. The van der Waals surface area contributed by atoms with Crippen LogP contribution < -0.4 is 5.73 Å². The van der Waals surface area contributed by atoms with Crippen LogP contribution in [0.2, 0.25) is 0 Å². The quantitative estimate of drug-likeness (QED) is 0.667. The summed E-state index contributed by atoms with van der Waals surface area (Å²) in [6, 6.07) is 1.98. The van der Waals surface area contributed by atoms with Gasteiger partial charge in [-0.05, 0) is 36.8 Å². The lowest BCUT2D eigenvalue weighted by Crippen LogP contribution is -2.18. The number of nitrogens with two attached hydrogens (primary N) is 1. The molecule has 0 aliphatic heterocycles. The summed E-state index contributed by atoms with van der Waals surface area (Å²) in [4.78, 5) is 4.28. The van der Waals surface area contributed by atoms with Crippen LogP contribution in [-0.2, 0) is 12.8 Å².